The fourth-order valence-electron chi connectivity index (χ4n) is 3.03. The van der Waals surface area contributed by atoms with Crippen LogP contribution in [0.4, 0.5) is 0 Å². The largest absolute Gasteiger partial charge is 0.507 e. The Labute approximate surface area is 178 Å². The van der Waals surface area contributed by atoms with E-state index >= 15 is 0 Å². The number of aromatic hydroxyl groups is 1. The van der Waals surface area contributed by atoms with E-state index in [2.05, 4.69) is 21.5 Å². The lowest BCUT2D eigenvalue weighted by molar-refractivity contribution is -0.137. The van der Waals surface area contributed by atoms with E-state index in [0.29, 0.717) is 30.4 Å². The predicted molar refractivity (Wildman–Crippen MR) is 115 cm³/mol. The summed E-state index contributed by atoms with van der Waals surface area (Å²) in [6.45, 7) is 4.49. The number of carbonyl (C=O) groups excluding carboxylic acids is 1. The monoisotopic (exact) mass is 413 g/mol. The van der Waals surface area contributed by atoms with E-state index < -0.39 is 0 Å². The van der Waals surface area contributed by atoms with Crippen molar-refractivity contribution in [1.29, 1.82) is 0 Å². The number of nitrogens with zero attached hydrogens (tertiary/aromatic N) is 3. The molecule has 1 aromatic carbocycles. The summed E-state index contributed by atoms with van der Waals surface area (Å²) in [5.74, 6) is 0.833. The molecule has 1 aromatic heterocycles. The molecule has 2 aromatic rings. The first kappa shape index (κ1) is 23.3. The van der Waals surface area contributed by atoms with Crippen LogP contribution in [0.15, 0.2) is 43.5 Å². The van der Waals surface area contributed by atoms with E-state index in [0.717, 1.165) is 25.7 Å². The molecule has 2 rings (SSSR count). The molecule has 30 heavy (non-hydrogen) atoms. The Hall–Kier alpha value is -2.96. The Kier molecular flexibility index (Phi) is 11.0. The van der Waals surface area contributed by atoms with Crippen molar-refractivity contribution < 1.29 is 19.4 Å². The zero-order valence-corrected chi connectivity index (χ0v) is 17.5. The zero-order valence-electron chi connectivity index (χ0n) is 17.5. The summed E-state index contributed by atoms with van der Waals surface area (Å²) >= 11 is 0. The number of hydrogen-bond donors (Lipinski definition) is 1. The first-order chi connectivity index (χ1) is 14.7. The minimum Gasteiger partial charge on any atom is -0.507 e. The number of aromatic nitrogens is 3. The molecule has 0 aliphatic carbocycles. The molecule has 0 saturated heterocycles. The van der Waals surface area contributed by atoms with Gasteiger partial charge in [0, 0.05) is 12.1 Å². The minimum absolute atomic E-state index is 0.0950. The van der Waals surface area contributed by atoms with Crippen molar-refractivity contribution in [3.05, 3.63) is 43.5 Å². The number of hydrogen-bond acceptors (Lipinski definition) is 7. The fraction of sp³-hybridized carbons (Fsp3) is 0.478. The van der Waals surface area contributed by atoms with Crippen LogP contribution in [0.5, 0.6) is 11.5 Å². The molecule has 0 aliphatic rings. The smallest absolute Gasteiger partial charge is 0.330 e. The first-order valence-corrected chi connectivity index (χ1v) is 10.6. The van der Waals surface area contributed by atoms with Crippen molar-refractivity contribution in [1.82, 2.24) is 15.0 Å². The molecule has 1 heterocycles. The van der Waals surface area contributed by atoms with Gasteiger partial charge in [-0.1, -0.05) is 51.5 Å². The number of phenolic OH excluding ortho intramolecular Hbond substituents is 1. The van der Waals surface area contributed by atoms with Gasteiger partial charge >= 0.3 is 5.97 Å². The van der Waals surface area contributed by atoms with Crippen molar-refractivity contribution in [2.24, 2.45) is 0 Å². The van der Waals surface area contributed by atoms with Gasteiger partial charge in [0.05, 0.1) is 18.8 Å². The predicted octanol–water partition coefficient (Wildman–Crippen LogP) is 4.86. The Bertz CT molecular complexity index is 768. The maximum Gasteiger partial charge on any atom is 0.330 e. The average molecular weight is 414 g/mol. The van der Waals surface area contributed by atoms with Gasteiger partial charge in [0.1, 0.15) is 24.2 Å². The lowest BCUT2D eigenvalue weighted by atomic mass is 10.1. The van der Waals surface area contributed by atoms with E-state index in [1.165, 1.54) is 50.8 Å². The summed E-state index contributed by atoms with van der Waals surface area (Å²) in [6, 6.07) is 5.16. The average Bonchev–Trinajstić information content (AvgIpc) is 2.77. The van der Waals surface area contributed by atoms with E-state index in [1.807, 2.05) is 6.07 Å². The molecule has 0 amide bonds. The Morgan fingerprint density at radius 2 is 1.53 bits per heavy atom. The second kappa shape index (κ2) is 14.1. The van der Waals surface area contributed by atoms with Gasteiger partial charge in [-0.25, -0.2) is 19.7 Å². The number of rotatable bonds is 15. The van der Waals surface area contributed by atoms with Crippen LogP contribution in [0.1, 0.15) is 57.8 Å². The SMILES string of the molecule is C=CC(=O)OCCCCCCCCCCCOc1ccc(-c2ncncn2)c(O)c1. The summed E-state index contributed by atoms with van der Waals surface area (Å²) in [7, 11) is 0. The van der Waals surface area contributed by atoms with Gasteiger partial charge in [0.15, 0.2) is 5.82 Å². The van der Waals surface area contributed by atoms with E-state index in [4.69, 9.17) is 9.47 Å². The van der Waals surface area contributed by atoms with Crippen molar-refractivity contribution in [3.8, 4) is 22.9 Å². The van der Waals surface area contributed by atoms with Gasteiger partial charge in [-0.2, -0.15) is 0 Å². The lowest BCUT2D eigenvalue weighted by Gasteiger charge is -2.08. The topological polar surface area (TPSA) is 94.4 Å². The molecule has 0 saturated carbocycles. The van der Waals surface area contributed by atoms with Crippen LogP contribution in [-0.4, -0.2) is 39.2 Å². The van der Waals surface area contributed by atoms with Crippen LogP contribution in [0.25, 0.3) is 11.4 Å². The molecular formula is C23H31N3O4. The fourth-order valence-corrected chi connectivity index (χ4v) is 3.03. The van der Waals surface area contributed by atoms with Crippen molar-refractivity contribution in [2.75, 3.05) is 13.2 Å². The van der Waals surface area contributed by atoms with Crippen LogP contribution in [-0.2, 0) is 9.53 Å². The van der Waals surface area contributed by atoms with Crippen molar-refractivity contribution in [2.45, 2.75) is 57.8 Å². The van der Waals surface area contributed by atoms with Gasteiger partial charge in [0.25, 0.3) is 0 Å². The Morgan fingerprint density at radius 1 is 0.933 bits per heavy atom. The summed E-state index contributed by atoms with van der Waals surface area (Å²) in [5, 5.41) is 10.2. The van der Waals surface area contributed by atoms with Gasteiger partial charge in [-0.15, -0.1) is 0 Å². The maximum atomic E-state index is 10.9. The Balaban J connectivity index is 1.47. The first-order valence-electron chi connectivity index (χ1n) is 10.6. The summed E-state index contributed by atoms with van der Waals surface area (Å²) in [6.07, 6.45) is 14.2. The minimum atomic E-state index is -0.340. The third kappa shape index (κ3) is 9.03. The molecule has 7 nitrogen and oxygen atoms in total. The van der Waals surface area contributed by atoms with E-state index in [1.54, 1.807) is 12.1 Å². The van der Waals surface area contributed by atoms with Crippen molar-refractivity contribution in [3.63, 3.8) is 0 Å². The molecule has 7 heteroatoms. The summed E-state index contributed by atoms with van der Waals surface area (Å²) in [5.41, 5.74) is 0.558. The highest BCUT2D eigenvalue weighted by atomic mass is 16.5. The number of phenols is 1. The van der Waals surface area contributed by atoms with Gasteiger partial charge in [-0.3, -0.25) is 0 Å². The van der Waals surface area contributed by atoms with Gasteiger partial charge < -0.3 is 14.6 Å². The van der Waals surface area contributed by atoms with Crippen LogP contribution in [0.3, 0.4) is 0 Å². The molecule has 0 bridgehead atoms. The molecule has 0 fully saturated rings. The molecule has 0 spiro atoms. The van der Waals surface area contributed by atoms with Crippen LogP contribution in [0, 0.1) is 0 Å². The maximum absolute atomic E-state index is 10.9. The van der Waals surface area contributed by atoms with Gasteiger partial charge in [-0.05, 0) is 25.0 Å². The number of carbonyl (C=O) groups is 1. The van der Waals surface area contributed by atoms with Crippen LogP contribution >= 0.6 is 0 Å². The quantitative estimate of drug-likeness (QED) is 0.253. The highest BCUT2D eigenvalue weighted by molar-refractivity contribution is 5.81. The number of ether oxygens (including phenoxy) is 2. The summed E-state index contributed by atoms with van der Waals surface area (Å²) in [4.78, 5) is 22.7. The second-order valence-electron chi connectivity index (χ2n) is 7.04. The highest BCUT2D eigenvalue weighted by Gasteiger charge is 2.08. The second-order valence-corrected chi connectivity index (χ2v) is 7.04. The zero-order chi connectivity index (χ0) is 21.4. The molecule has 1 N–H and O–H groups in total. The standard InChI is InChI=1S/C23H31N3O4/c1-2-22(28)30-15-11-9-7-5-3-4-6-8-10-14-29-19-12-13-20(21(27)16-19)23-25-17-24-18-26-23/h2,12-13,16-18,27H,1,3-11,14-15H2. The third-order valence-electron chi connectivity index (χ3n) is 4.67. The third-order valence-corrected chi connectivity index (χ3v) is 4.67. The van der Waals surface area contributed by atoms with E-state index in [9.17, 15) is 9.90 Å². The van der Waals surface area contributed by atoms with Crippen molar-refractivity contribution >= 4 is 5.97 Å². The van der Waals surface area contributed by atoms with Crippen LogP contribution < -0.4 is 4.74 Å². The van der Waals surface area contributed by atoms with E-state index in [-0.39, 0.29) is 11.7 Å². The molecular weight excluding hydrogens is 382 g/mol. The Morgan fingerprint density at radius 3 is 2.13 bits per heavy atom. The molecule has 162 valence electrons. The number of esters is 1. The highest BCUT2D eigenvalue weighted by Crippen LogP contribution is 2.30. The lowest BCUT2D eigenvalue weighted by Crippen LogP contribution is -2.01. The summed E-state index contributed by atoms with van der Waals surface area (Å²) < 4.78 is 10.7. The number of benzene rings is 1. The molecule has 0 unspecified atom stereocenters. The number of unbranched alkanes of at least 4 members (excludes halogenated alkanes) is 8. The molecule has 0 aliphatic heterocycles. The molecule has 0 atom stereocenters. The normalized spacial score (nSPS) is 10.5. The van der Waals surface area contributed by atoms with Crippen LogP contribution in [0.2, 0.25) is 0 Å². The van der Waals surface area contributed by atoms with Gasteiger partial charge in [0.2, 0.25) is 0 Å². The molecule has 0 radical (unpaired) electrons.